The Labute approximate surface area is 358 Å². The summed E-state index contributed by atoms with van der Waals surface area (Å²) in [7, 11) is -7.11. The summed E-state index contributed by atoms with van der Waals surface area (Å²) in [5.41, 5.74) is 0.336. The molecule has 0 aliphatic rings. The van der Waals surface area contributed by atoms with Crippen molar-refractivity contribution in [3.8, 4) is 22.9 Å². The van der Waals surface area contributed by atoms with E-state index in [1.807, 2.05) is 6.07 Å². The molecule has 0 aliphatic carbocycles. The number of fused-ring (bicyclic) bond motifs is 1. The van der Waals surface area contributed by atoms with Crippen molar-refractivity contribution < 1.29 is 89.1 Å². The smallest absolute Gasteiger partial charge is 0.589 e. The molecule has 0 atom stereocenters. The van der Waals surface area contributed by atoms with Crippen LogP contribution in [-0.2, 0) is 37.2 Å². The Morgan fingerprint density at radius 2 is 1.51 bits per heavy atom. The van der Waals surface area contributed by atoms with Gasteiger partial charge in [0.15, 0.2) is 21.3 Å². The van der Waals surface area contributed by atoms with Crippen LogP contribution in [0.1, 0.15) is 12.6 Å². The van der Waals surface area contributed by atoms with Gasteiger partial charge in [-0.25, -0.2) is 16.8 Å². The first-order valence-corrected chi connectivity index (χ1v) is 19.5. The second-order valence-electron chi connectivity index (χ2n) is 11.6. The molecule has 6 rings (SSSR count). The molecule has 0 aliphatic heterocycles. The minimum atomic E-state index is -3.59. The number of phenolic OH excluding ortho intramolecular Hbond substituents is 3. The summed E-state index contributed by atoms with van der Waals surface area (Å²) in [6.45, 7) is 3.10. The average Bonchev–Trinajstić information content (AvgIpc) is 3.43. The standard InChI is InChI=1S/C19H19N3O6S2.C16H13N5O4.Cr.Na/c1-3-30(27,28)13-8-10-16(23)15(11-13)20-21-19-17(24)9-7-12-5-4-6-14(18(12)19)22-29(2,25)26;1-10-15(16(23)20(19-10)11-5-3-2-4-6-11)18-17-13-9-12(21(24)25)7-8-14(13)22;;/h4-11,22-24H,3H2,1-2H3;2-9H,1H3,(H2,17,18,19,22,23);;/q;;;+1. The van der Waals surface area contributed by atoms with Gasteiger partial charge in [-0.05, 0) is 53.9 Å². The quantitative estimate of drug-likeness (QED) is 0.0437. The van der Waals surface area contributed by atoms with Gasteiger partial charge in [0.05, 0.1) is 32.9 Å². The van der Waals surface area contributed by atoms with E-state index < -0.39 is 30.3 Å². The number of nitro groups is 1. The van der Waals surface area contributed by atoms with E-state index in [-0.39, 0.29) is 109 Å². The molecule has 0 fully saturated rings. The number of non-ortho nitro benzene ring substituents is 1. The number of nitrogens with one attached hydrogen (secondary N) is 2. The number of azo groups is 2. The molecule has 57 heavy (non-hydrogen) atoms. The average molecular weight is 864 g/mol. The number of nitrogens with zero attached hydrogens (tertiary/aromatic N) is 6. The van der Waals surface area contributed by atoms with Crippen molar-refractivity contribution in [3.05, 3.63) is 123 Å². The largest absolute Gasteiger partial charge is 1.00 e. The molecule has 0 amide bonds. The Kier molecular flexibility index (Phi) is 15.5. The van der Waals surface area contributed by atoms with Gasteiger partial charge in [-0.15, -0.1) is 15.9 Å². The summed E-state index contributed by atoms with van der Waals surface area (Å²) < 4.78 is 51.2. The van der Waals surface area contributed by atoms with Gasteiger partial charge in [-0.2, -0.15) is 0 Å². The zero-order valence-corrected chi connectivity index (χ0v) is 35.5. The van der Waals surface area contributed by atoms with E-state index in [2.05, 4.69) is 30.3 Å². The van der Waals surface area contributed by atoms with Crippen LogP contribution in [-0.4, -0.2) is 53.8 Å². The van der Waals surface area contributed by atoms with E-state index in [4.69, 9.17) is 0 Å². The molecule has 0 saturated carbocycles. The summed E-state index contributed by atoms with van der Waals surface area (Å²) in [6, 6.07) is 23.8. The van der Waals surface area contributed by atoms with Gasteiger partial charge in [-0.1, -0.05) is 55.4 Å². The van der Waals surface area contributed by atoms with Gasteiger partial charge in [-0.3, -0.25) is 19.6 Å². The van der Waals surface area contributed by atoms with Crippen LogP contribution in [0.15, 0.2) is 122 Å². The number of hydrogen-bond acceptors (Lipinski definition) is 13. The van der Waals surface area contributed by atoms with E-state index >= 15 is 0 Å². The fourth-order valence-electron chi connectivity index (χ4n) is 5.00. The van der Waals surface area contributed by atoms with Gasteiger partial charge in [0, 0.05) is 40.3 Å². The van der Waals surface area contributed by atoms with Crippen molar-refractivity contribution in [3.63, 3.8) is 0 Å². The molecule has 1 heterocycles. The molecule has 1 aromatic heterocycles. The van der Waals surface area contributed by atoms with Crippen molar-refractivity contribution in [1.82, 2.24) is 9.78 Å². The Bertz CT molecular complexity index is 2780. The first-order valence-electron chi connectivity index (χ1n) is 15.9. The molecule has 0 unspecified atom stereocenters. The molecule has 0 radical (unpaired) electrons. The number of phenols is 3. The van der Waals surface area contributed by atoms with E-state index in [9.17, 15) is 47.1 Å². The summed E-state index contributed by atoms with van der Waals surface area (Å²) in [5.74, 6) is -0.887. The van der Waals surface area contributed by atoms with Crippen LogP contribution in [0, 0.1) is 17.0 Å². The fourth-order valence-corrected chi connectivity index (χ4v) is 6.47. The zero-order chi connectivity index (χ0) is 40.1. The Hall–Kier alpha value is -5.40. The number of sulfonamides is 1. The van der Waals surface area contributed by atoms with Crippen molar-refractivity contribution in [2.45, 2.75) is 18.7 Å². The number of aryl methyl sites for hydroxylation is 1. The Morgan fingerprint density at radius 1 is 0.860 bits per heavy atom. The summed E-state index contributed by atoms with van der Waals surface area (Å²) in [6.07, 6.45) is 1.00. The van der Waals surface area contributed by atoms with E-state index in [0.29, 0.717) is 22.2 Å². The second kappa shape index (κ2) is 19.2. The third-order valence-corrected chi connectivity index (χ3v) is 10.0. The number of benzene rings is 5. The molecule has 6 aromatic rings. The zero-order valence-electron chi connectivity index (χ0n) is 30.6. The summed E-state index contributed by atoms with van der Waals surface area (Å²) in [5, 5.41) is 60.3. The molecule has 18 nitrogen and oxygen atoms in total. The fraction of sp³-hybridized carbons (Fsp3) is 0.114. The van der Waals surface area contributed by atoms with Crippen molar-refractivity contribution >= 4 is 64.8 Å². The maximum absolute atomic E-state index is 12.4. The number of hydrogen-bond donors (Lipinski definition) is 5. The first kappa shape index (κ1) is 46.0. The minimum absolute atomic E-state index is 0. The maximum Gasteiger partial charge on any atom is 1.00 e. The van der Waals surface area contributed by atoms with Gasteiger partial charge >= 0.3 is 29.6 Å². The molecule has 5 N–H and O–H groups in total. The maximum atomic E-state index is 12.4. The Balaban J connectivity index is 0.000000299. The van der Waals surface area contributed by atoms with Crippen LogP contribution in [0.3, 0.4) is 0 Å². The van der Waals surface area contributed by atoms with Crippen LogP contribution in [0.5, 0.6) is 17.2 Å². The van der Waals surface area contributed by atoms with Crippen LogP contribution >= 0.6 is 0 Å². The molecule has 5 aromatic carbocycles. The van der Waals surface area contributed by atoms with Crippen LogP contribution in [0.2, 0.25) is 0 Å². The third-order valence-electron chi connectivity index (χ3n) is 7.71. The number of nitro benzene ring substituents is 1. The predicted octanol–water partition coefficient (Wildman–Crippen LogP) is 2.05. The number of aromatic hydroxyl groups is 3. The summed E-state index contributed by atoms with van der Waals surface area (Å²) >= 11 is 0. The molecule has 0 spiro atoms. The third kappa shape index (κ3) is 11.1. The van der Waals surface area contributed by atoms with Crippen molar-refractivity contribution in [2.24, 2.45) is 15.3 Å². The first-order chi connectivity index (χ1) is 26.0. The number of anilines is 1. The van der Waals surface area contributed by atoms with E-state index in [1.54, 1.807) is 49.4 Å². The van der Waals surface area contributed by atoms with Gasteiger partial charge in [0.1, 0.15) is 22.9 Å². The van der Waals surface area contributed by atoms with Gasteiger partial charge in [0.25, 0.3) is 16.9 Å². The van der Waals surface area contributed by atoms with Crippen molar-refractivity contribution in [1.29, 1.82) is 0 Å². The molecule has 0 saturated heterocycles. The number of aromatic nitrogens is 2. The normalized spacial score (nSPS) is 11.4. The van der Waals surface area contributed by atoms with Gasteiger partial charge < -0.3 is 25.1 Å². The second-order valence-corrected chi connectivity index (χ2v) is 15.7. The number of para-hydroxylation sites is 1. The topological polar surface area (TPSA) is 271 Å². The van der Waals surface area contributed by atoms with E-state index in [1.165, 1.54) is 41.9 Å². The Morgan fingerprint density at radius 3 is 2.16 bits per heavy atom. The van der Waals surface area contributed by atoms with Crippen molar-refractivity contribution in [2.75, 3.05) is 16.7 Å². The molecule has 290 valence electrons. The number of rotatable bonds is 10. The van der Waals surface area contributed by atoms with E-state index in [0.717, 1.165) is 24.5 Å². The van der Waals surface area contributed by atoms with Gasteiger partial charge in [0.2, 0.25) is 10.0 Å². The van der Waals surface area contributed by atoms with Crippen LogP contribution < -0.4 is 50.1 Å². The minimum Gasteiger partial charge on any atom is -0.589 e. The van der Waals surface area contributed by atoms with Crippen LogP contribution in [0.25, 0.3) is 16.5 Å². The number of sulfone groups is 1. The van der Waals surface area contributed by atoms with Crippen LogP contribution in [0.4, 0.5) is 34.1 Å². The summed E-state index contributed by atoms with van der Waals surface area (Å²) in [4.78, 5) is 22.6. The SMILES string of the molecule is CCS(=O)(=O)c1ccc(O)c(N=[NH+]c2c(O)ccc3cccc(NS(C)(=O)=O)c23)c1.Cc1[n-]n(-c2ccccc2)c(=O)c1N=Nc1cc([N+](=O)[O-])ccc1O.[Cr].[Na+]. The molecule has 22 heteroatoms. The predicted molar refractivity (Wildman–Crippen MR) is 202 cm³/mol. The molecular weight excluding hydrogens is 832 g/mol. The molecule has 0 bridgehead atoms. The monoisotopic (exact) mass is 863 g/mol. The molecular formula is C35H32CrN8NaO10S2+.